The second-order valence-electron chi connectivity index (χ2n) is 8.77. The highest BCUT2D eigenvalue weighted by molar-refractivity contribution is 6.84. The number of rotatable bonds is 17. The first kappa shape index (κ1) is 28.8. The Bertz CT molecular complexity index is 526. The number of esters is 1. The van der Waals surface area contributed by atoms with E-state index in [1.54, 1.807) is 6.92 Å². The molecule has 0 unspecified atom stereocenters. The fraction of sp³-hybridized carbons (Fsp3) is 0.810. The molecule has 0 aromatic rings. The number of ether oxygens (including phenoxy) is 3. The fourth-order valence-electron chi connectivity index (χ4n) is 2.95. The van der Waals surface area contributed by atoms with E-state index in [2.05, 4.69) is 45.0 Å². The van der Waals surface area contributed by atoms with E-state index in [1.807, 2.05) is 0 Å². The van der Waals surface area contributed by atoms with Gasteiger partial charge in [0.05, 0.1) is 13.2 Å². The summed E-state index contributed by atoms with van der Waals surface area (Å²) in [6.07, 6.45) is 3.46. The van der Waals surface area contributed by atoms with Crippen molar-refractivity contribution in [3.8, 4) is 0 Å². The summed E-state index contributed by atoms with van der Waals surface area (Å²) in [5.41, 5.74) is 0.360. The molecule has 7 nitrogen and oxygen atoms in total. The standard InChI is InChI=1S/C21H43NO6Si2/c1-8-9-17-29(4,5)28-30(6,7)18-11-13-25-15-16-27-21(24)22-12-10-14-26-20(23)19(2)3/h2,8-18H2,1,3-7H3,(H,22,24). The zero-order valence-electron chi connectivity index (χ0n) is 19.9. The number of carbonyl (C=O) groups excluding carboxylic acids is 2. The van der Waals surface area contributed by atoms with E-state index in [1.165, 1.54) is 18.9 Å². The molecule has 0 aromatic carbocycles. The maximum Gasteiger partial charge on any atom is 0.407 e. The molecule has 1 amide bonds. The third kappa shape index (κ3) is 16.6. The van der Waals surface area contributed by atoms with Crippen LogP contribution in [0.25, 0.3) is 0 Å². The molecular weight excluding hydrogens is 418 g/mol. The summed E-state index contributed by atoms with van der Waals surface area (Å²) < 4.78 is 22.1. The molecule has 0 atom stereocenters. The van der Waals surface area contributed by atoms with Gasteiger partial charge in [-0.15, -0.1) is 0 Å². The van der Waals surface area contributed by atoms with E-state index in [-0.39, 0.29) is 13.2 Å². The molecule has 9 heteroatoms. The highest BCUT2D eigenvalue weighted by Crippen LogP contribution is 2.24. The number of amides is 1. The van der Waals surface area contributed by atoms with E-state index in [0.29, 0.717) is 31.8 Å². The minimum Gasteiger partial charge on any atom is -0.462 e. The van der Waals surface area contributed by atoms with Gasteiger partial charge in [-0.2, -0.15) is 0 Å². The Labute approximate surface area is 185 Å². The lowest BCUT2D eigenvalue weighted by atomic mass is 10.3. The van der Waals surface area contributed by atoms with Crippen molar-refractivity contribution in [2.75, 3.05) is 33.0 Å². The lowest BCUT2D eigenvalue weighted by molar-refractivity contribution is -0.138. The van der Waals surface area contributed by atoms with Crippen molar-refractivity contribution in [2.24, 2.45) is 0 Å². The molecule has 0 aliphatic rings. The molecule has 0 rings (SSSR count). The van der Waals surface area contributed by atoms with Gasteiger partial charge in [0.15, 0.2) is 16.6 Å². The number of carbonyl (C=O) groups is 2. The van der Waals surface area contributed by atoms with Crippen molar-refractivity contribution >= 4 is 28.7 Å². The number of hydrogen-bond donors (Lipinski definition) is 1. The summed E-state index contributed by atoms with van der Waals surface area (Å²) in [5.74, 6) is -0.422. The first-order valence-electron chi connectivity index (χ1n) is 11.0. The molecule has 0 heterocycles. The van der Waals surface area contributed by atoms with Crippen LogP contribution in [0.4, 0.5) is 4.79 Å². The van der Waals surface area contributed by atoms with Gasteiger partial charge in [-0.3, -0.25) is 0 Å². The number of unbranched alkanes of at least 4 members (excludes halogenated alkanes) is 1. The molecule has 176 valence electrons. The molecule has 0 aliphatic carbocycles. The van der Waals surface area contributed by atoms with Crippen LogP contribution in [0.3, 0.4) is 0 Å². The Morgan fingerprint density at radius 2 is 1.50 bits per heavy atom. The van der Waals surface area contributed by atoms with Crippen LogP contribution in [0.15, 0.2) is 12.2 Å². The van der Waals surface area contributed by atoms with Crippen molar-refractivity contribution in [2.45, 2.75) is 77.8 Å². The van der Waals surface area contributed by atoms with E-state index in [0.717, 1.165) is 12.5 Å². The largest absolute Gasteiger partial charge is 0.462 e. The lowest BCUT2D eigenvalue weighted by Crippen LogP contribution is -2.44. The molecule has 0 aliphatic heterocycles. The highest BCUT2D eigenvalue weighted by Gasteiger charge is 2.31. The summed E-state index contributed by atoms with van der Waals surface area (Å²) in [6.45, 7) is 18.4. The van der Waals surface area contributed by atoms with E-state index in [4.69, 9.17) is 18.3 Å². The van der Waals surface area contributed by atoms with Crippen molar-refractivity contribution < 1.29 is 27.9 Å². The van der Waals surface area contributed by atoms with Gasteiger partial charge in [-0.05, 0) is 58.0 Å². The van der Waals surface area contributed by atoms with Crippen LogP contribution < -0.4 is 5.32 Å². The maximum absolute atomic E-state index is 11.6. The van der Waals surface area contributed by atoms with Crippen LogP contribution in [0.5, 0.6) is 0 Å². The van der Waals surface area contributed by atoms with Crippen LogP contribution >= 0.6 is 0 Å². The Kier molecular flexibility index (Phi) is 15.0. The summed E-state index contributed by atoms with van der Waals surface area (Å²) >= 11 is 0. The number of alkyl carbamates (subject to hydrolysis) is 1. The average molecular weight is 462 g/mol. The molecule has 0 saturated carbocycles. The minimum absolute atomic E-state index is 0.213. The topological polar surface area (TPSA) is 83.1 Å². The smallest absolute Gasteiger partial charge is 0.407 e. The summed E-state index contributed by atoms with van der Waals surface area (Å²) in [5, 5.41) is 2.61. The van der Waals surface area contributed by atoms with Gasteiger partial charge in [-0.1, -0.05) is 26.3 Å². The third-order valence-corrected chi connectivity index (χ3v) is 11.9. The van der Waals surface area contributed by atoms with Crippen LogP contribution in [-0.4, -0.2) is 61.7 Å². The third-order valence-electron chi connectivity index (χ3n) is 4.39. The predicted molar refractivity (Wildman–Crippen MR) is 126 cm³/mol. The number of hydrogen-bond acceptors (Lipinski definition) is 6. The normalized spacial score (nSPS) is 11.8. The van der Waals surface area contributed by atoms with E-state index in [9.17, 15) is 9.59 Å². The van der Waals surface area contributed by atoms with Crippen LogP contribution in [0.2, 0.25) is 38.3 Å². The first-order valence-corrected chi connectivity index (χ1v) is 17.2. The molecule has 0 aromatic heterocycles. The Balaban J connectivity index is 3.69. The quantitative estimate of drug-likeness (QED) is 0.144. The second kappa shape index (κ2) is 15.6. The van der Waals surface area contributed by atoms with Crippen LogP contribution in [0, 0.1) is 0 Å². The van der Waals surface area contributed by atoms with Gasteiger partial charge in [0, 0.05) is 18.7 Å². The zero-order valence-corrected chi connectivity index (χ0v) is 21.9. The molecule has 0 fully saturated rings. The Morgan fingerprint density at radius 3 is 2.10 bits per heavy atom. The van der Waals surface area contributed by atoms with Crippen LogP contribution in [0.1, 0.15) is 39.5 Å². The molecule has 0 spiro atoms. The molecule has 1 N–H and O–H groups in total. The molecule has 30 heavy (non-hydrogen) atoms. The Morgan fingerprint density at radius 1 is 0.867 bits per heavy atom. The predicted octanol–water partition coefficient (Wildman–Crippen LogP) is 4.86. The SMILES string of the molecule is C=C(C)C(=O)OCCCNC(=O)OCCOCCC[Si](C)(C)O[Si](C)(C)CCCC. The van der Waals surface area contributed by atoms with Crippen LogP contribution in [-0.2, 0) is 23.1 Å². The van der Waals surface area contributed by atoms with Gasteiger partial charge < -0.3 is 23.6 Å². The molecule has 0 radical (unpaired) electrons. The minimum atomic E-state index is -1.66. The van der Waals surface area contributed by atoms with E-state index < -0.39 is 28.7 Å². The summed E-state index contributed by atoms with van der Waals surface area (Å²) in [6, 6.07) is 2.31. The monoisotopic (exact) mass is 461 g/mol. The summed E-state index contributed by atoms with van der Waals surface area (Å²) in [4.78, 5) is 22.8. The molecule has 0 bridgehead atoms. The maximum atomic E-state index is 11.6. The highest BCUT2D eigenvalue weighted by atomic mass is 28.4. The first-order chi connectivity index (χ1) is 14.0. The average Bonchev–Trinajstić information content (AvgIpc) is 2.64. The van der Waals surface area contributed by atoms with Gasteiger partial charge >= 0.3 is 12.1 Å². The second-order valence-corrected chi connectivity index (χ2v) is 17.6. The van der Waals surface area contributed by atoms with E-state index >= 15 is 0 Å². The van der Waals surface area contributed by atoms with Crippen molar-refractivity contribution in [3.63, 3.8) is 0 Å². The van der Waals surface area contributed by atoms with Gasteiger partial charge in [0.2, 0.25) is 0 Å². The summed E-state index contributed by atoms with van der Waals surface area (Å²) in [7, 11) is -3.21. The lowest BCUT2D eigenvalue weighted by Gasteiger charge is -2.34. The Hall–Kier alpha value is -1.17. The fourth-order valence-corrected chi connectivity index (χ4v) is 12.0. The molecular formula is C21H43NO6Si2. The molecule has 0 saturated heterocycles. The van der Waals surface area contributed by atoms with Gasteiger partial charge in [-0.25, -0.2) is 9.59 Å². The number of nitrogens with one attached hydrogen (secondary N) is 1. The van der Waals surface area contributed by atoms with Crippen molar-refractivity contribution in [1.82, 2.24) is 5.32 Å². The zero-order chi connectivity index (χ0) is 23.0. The van der Waals surface area contributed by atoms with Gasteiger partial charge in [0.1, 0.15) is 6.61 Å². The van der Waals surface area contributed by atoms with Gasteiger partial charge in [0.25, 0.3) is 0 Å². The van der Waals surface area contributed by atoms with Crippen molar-refractivity contribution in [1.29, 1.82) is 0 Å². The van der Waals surface area contributed by atoms with Crippen molar-refractivity contribution in [3.05, 3.63) is 12.2 Å².